The lowest BCUT2D eigenvalue weighted by molar-refractivity contribution is -0.128. The van der Waals surface area contributed by atoms with Gasteiger partial charge >= 0.3 is 0 Å². The van der Waals surface area contributed by atoms with E-state index in [0.717, 1.165) is 24.2 Å². The Morgan fingerprint density at radius 2 is 1.96 bits per heavy atom. The first-order valence-corrected chi connectivity index (χ1v) is 10.4. The average Bonchev–Trinajstić information content (AvgIpc) is 3.23. The van der Waals surface area contributed by atoms with Gasteiger partial charge in [-0.3, -0.25) is 4.79 Å². The minimum atomic E-state index is -3.44. The molecule has 0 radical (unpaired) electrons. The quantitative estimate of drug-likeness (QED) is 0.745. The molecule has 1 aromatic heterocycles. The molecule has 0 bridgehead atoms. The summed E-state index contributed by atoms with van der Waals surface area (Å²) < 4.78 is 27.9. The van der Waals surface area contributed by atoms with Gasteiger partial charge in [0.15, 0.2) is 0 Å². The van der Waals surface area contributed by atoms with Gasteiger partial charge in [-0.25, -0.2) is 13.1 Å². The Bertz CT molecular complexity index is 948. The molecule has 27 heavy (non-hydrogen) atoms. The van der Waals surface area contributed by atoms with Crippen LogP contribution < -0.4 is 0 Å². The number of benzene rings is 1. The number of aromatic nitrogens is 3. The molecular formula is C18H21N5O3S. The smallest absolute Gasteiger partial charge is 0.236 e. The van der Waals surface area contributed by atoms with Crippen molar-refractivity contribution < 1.29 is 13.2 Å². The molecule has 2 fully saturated rings. The van der Waals surface area contributed by atoms with Crippen LogP contribution in [0.3, 0.4) is 0 Å². The van der Waals surface area contributed by atoms with Gasteiger partial charge in [0.05, 0.1) is 18.8 Å². The van der Waals surface area contributed by atoms with Crippen LogP contribution in [0.15, 0.2) is 41.9 Å². The molecular weight excluding hydrogens is 366 g/mol. The molecule has 0 aliphatic carbocycles. The van der Waals surface area contributed by atoms with Crippen LogP contribution in [0.1, 0.15) is 30.1 Å². The van der Waals surface area contributed by atoms with E-state index in [9.17, 15) is 13.2 Å². The molecule has 0 saturated carbocycles. The van der Waals surface area contributed by atoms with E-state index in [-0.39, 0.29) is 11.9 Å². The first-order valence-electron chi connectivity index (χ1n) is 8.93. The van der Waals surface area contributed by atoms with Gasteiger partial charge in [0.1, 0.15) is 5.69 Å². The number of hydrogen-bond donors (Lipinski definition) is 0. The van der Waals surface area contributed by atoms with Crippen molar-refractivity contribution in [2.45, 2.75) is 25.4 Å². The molecule has 2 aromatic rings. The third kappa shape index (κ3) is 3.93. The molecule has 2 aliphatic heterocycles. The van der Waals surface area contributed by atoms with Gasteiger partial charge in [0.25, 0.3) is 0 Å². The van der Waals surface area contributed by atoms with Gasteiger partial charge in [0.2, 0.25) is 15.9 Å². The molecule has 2 aliphatic rings. The first-order chi connectivity index (χ1) is 13.0. The summed E-state index contributed by atoms with van der Waals surface area (Å²) in [4.78, 5) is 13.5. The summed E-state index contributed by atoms with van der Waals surface area (Å²) in [5, 5.41) is 9.46. The highest BCUT2D eigenvalue weighted by molar-refractivity contribution is 7.92. The summed E-state index contributed by atoms with van der Waals surface area (Å²) in [6, 6.07) is 9.30. The predicted molar refractivity (Wildman–Crippen MR) is 99.7 cm³/mol. The Balaban J connectivity index is 1.34. The monoisotopic (exact) mass is 387 g/mol. The molecule has 1 aromatic carbocycles. The van der Waals surface area contributed by atoms with E-state index in [2.05, 4.69) is 10.3 Å². The maximum absolute atomic E-state index is 12.4. The predicted octanol–water partition coefficient (Wildman–Crippen LogP) is 1.26. The second-order valence-electron chi connectivity index (χ2n) is 6.84. The molecule has 0 atom stereocenters. The Kier molecular flexibility index (Phi) is 4.79. The second kappa shape index (κ2) is 7.24. The zero-order valence-corrected chi connectivity index (χ0v) is 15.6. The van der Waals surface area contributed by atoms with E-state index in [1.807, 2.05) is 30.3 Å². The maximum Gasteiger partial charge on any atom is 0.236 e. The Morgan fingerprint density at radius 1 is 1.19 bits per heavy atom. The fraction of sp³-hybridized carbons (Fsp3) is 0.389. The van der Waals surface area contributed by atoms with Gasteiger partial charge in [-0.05, 0) is 18.1 Å². The van der Waals surface area contributed by atoms with E-state index in [4.69, 9.17) is 0 Å². The van der Waals surface area contributed by atoms with Gasteiger partial charge < -0.3 is 4.90 Å². The van der Waals surface area contributed by atoms with E-state index in [0.29, 0.717) is 26.1 Å². The van der Waals surface area contributed by atoms with Crippen LogP contribution in [0.25, 0.3) is 6.08 Å². The largest absolute Gasteiger partial charge is 0.337 e. The van der Waals surface area contributed by atoms with E-state index >= 15 is 0 Å². The lowest BCUT2D eigenvalue weighted by Crippen LogP contribution is -2.50. The number of sulfonamides is 1. The molecule has 0 unspecified atom stereocenters. The molecule has 2 saturated heterocycles. The summed E-state index contributed by atoms with van der Waals surface area (Å²) in [6.45, 7) is 1.96. The highest BCUT2D eigenvalue weighted by Crippen LogP contribution is 2.25. The number of hydrogen-bond acceptors (Lipinski definition) is 5. The fourth-order valence-corrected chi connectivity index (χ4v) is 4.50. The van der Waals surface area contributed by atoms with Gasteiger partial charge in [-0.1, -0.05) is 35.5 Å². The van der Waals surface area contributed by atoms with Crippen LogP contribution in [-0.4, -0.2) is 58.2 Å². The number of rotatable bonds is 6. The van der Waals surface area contributed by atoms with E-state index in [1.165, 1.54) is 9.71 Å². The minimum absolute atomic E-state index is 0.0274. The normalized spacial score (nSPS) is 19.1. The van der Waals surface area contributed by atoms with Gasteiger partial charge in [-0.2, -0.15) is 4.31 Å². The van der Waals surface area contributed by atoms with Crippen LogP contribution in [0.4, 0.5) is 0 Å². The van der Waals surface area contributed by atoms with Gasteiger partial charge in [-0.15, -0.1) is 5.10 Å². The van der Waals surface area contributed by atoms with Crippen molar-refractivity contribution in [3.63, 3.8) is 0 Å². The summed E-state index contributed by atoms with van der Waals surface area (Å²) in [6.07, 6.45) is 4.89. The van der Waals surface area contributed by atoms with Crippen LogP contribution in [0.5, 0.6) is 0 Å². The molecule has 1 amide bonds. The van der Waals surface area contributed by atoms with E-state index in [1.54, 1.807) is 21.9 Å². The lowest BCUT2D eigenvalue weighted by atomic mass is 10.2. The van der Waals surface area contributed by atoms with Crippen molar-refractivity contribution in [2.75, 3.05) is 19.6 Å². The lowest BCUT2D eigenvalue weighted by Gasteiger charge is -2.36. The minimum Gasteiger partial charge on any atom is -0.337 e. The van der Waals surface area contributed by atoms with Crippen molar-refractivity contribution >= 4 is 22.0 Å². The van der Waals surface area contributed by atoms with Crippen molar-refractivity contribution in [3.8, 4) is 0 Å². The number of amides is 1. The number of likely N-dealkylation sites (tertiary alicyclic amines) is 1. The molecule has 0 N–H and O–H groups in total. The molecule has 9 heteroatoms. The average molecular weight is 387 g/mol. The van der Waals surface area contributed by atoms with Crippen molar-refractivity contribution in [1.82, 2.24) is 24.2 Å². The number of carbonyl (C=O) groups is 1. The maximum atomic E-state index is 12.4. The number of carbonyl (C=O) groups excluding carboxylic acids is 1. The Hall–Kier alpha value is -2.52. The molecule has 3 heterocycles. The summed E-state index contributed by atoms with van der Waals surface area (Å²) in [5.74, 6) is 0.149. The second-order valence-corrected chi connectivity index (χ2v) is 8.66. The molecule has 0 spiro atoms. The van der Waals surface area contributed by atoms with Crippen molar-refractivity contribution in [1.29, 1.82) is 0 Å². The fourth-order valence-electron chi connectivity index (χ4n) is 3.24. The number of nitrogens with zero attached hydrogens (tertiary/aromatic N) is 5. The SMILES string of the molecule is O=C1CCCN1Cc1cn(C2CN(S(=O)(=O)/C=C/c3ccccc3)C2)nn1. The molecule has 8 nitrogen and oxygen atoms in total. The highest BCUT2D eigenvalue weighted by Gasteiger charge is 2.36. The van der Waals surface area contributed by atoms with Crippen LogP contribution in [0, 0.1) is 0 Å². The molecule has 4 rings (SSSR count). The zero-order chi connectivity index (χ0) is 18.9. The Labute approximate surface area is 158 Å². The summed E-state index contributed by atoms with van der Waals surface area (Å²) in [7, 11) is -3.44. The standard InChI is InChI=1S/C18H21N5O3S/c24-18-7-4-9-21(18)11-16-12-23(20-19-16)17-13-22(14-17)27(25,26)10-8-15-5-2-1-3-6-15/h1-3,5-6,8,10,12,17H,4,7,9,11,13-14H2/b10-8+. The zero-order valence-electron chi connectivity index (χ0n) is 14.8. The Morgan fingerprint density at radius 3 is 2.67 bits per heavy atom. The third-order valence-corrected chi connectivity index (χ3v) is 6.37. The van der Waals surface area contributed by atoms with E-state index < -0.39 is 10.0 Å². The summed E-state index contributed by atoms with van der Waals surface area (Å²) >= 11 is 0. The third-order valence-electron chi connectivity index (χ3n) is 4.88. The van der Waals surface area contributed by atoms with Crippen LogP contribution >= 0.6 is 0 Å². The van der Waals surface area contributed by atoms with Crippen molar-refractivity contribution in [2.24, 2.45) is 0 Å². The highest BCUT2D eigenvalue weighted by atomic mass is 32.2. The van der Waals surface area contributed by atoms with Crippen LogP contribution in [-0.2, 0) is 21.4 Å². The first kappa shape index (κ1) is 17.9. The molecule has 142 valence electrons. The van der Waals surface area contributed by atoms with Crippen LogP contribution in [0.2, 0.25) is 0 Å². The van der Waals surface area contributed by atoms with Crippen molar-refractivity contribution in [3.05, 3.63) is 53.2 Å². The topological polar surface area (TPSA) is 88.4 Å². The summed E-state index contributed by atoms with van der Waals surface area (Å²) in [5.41, 5.74) is 1.58. The van der Waals surface area contributed by atoms with Gasteiger partial charge in [0, 0.05) is 31.5 Å².